The maximum Gasteiger partial charge on any atom is 0.305 e. The molecule has 292 valence electrons. The van der Waals surface area contributed by atoms with Gasteiger partial charge in [0, 0.05) is 6.42 Å². The van der Waals surface area contributed by atoms with Gasteiger partial charge in [-0.05, 0) is 18.6 Å². The van der Waals surface area contributed by atoms with E-state index in [9.17, 15) is 4.79 Å². The first-order chi connectivity index (χ1) is 24.8. The fourth-order valence-corrected chi connectivity index (χ4v) is 4.15. The molecule has 50 heavy (non-hydrogen) atoms. The molecule has 0 unspecified atom stereocenters. The van der Waals surface area contributed by atoms with E-state index < -0.39 is 0 Å². The Kier molecular flexibility index (Phi) is 36.8. The zero-order valence-electron chi connectivity index (χ0n) is 30.7. The molecule has 13 nitrogen and oxygen atoms in total. The second-order valence-electron chi connectivity index (χ2n) is 11.0. The van der Waals surface area contributed by atoms with E-state index in [-0.39, 0.29) is 12.6 Å². The smallest absolute Gasteiger partial charge is 0.305 e. The Morgan fingerprint density at radius 1 is 0.400 bits per heavy atom. The lowest BCUT2D eigenvalue weighted by atomic mass is 10.1. The number of unbranched alkanes of at least 4 members (excludes halogenated alkanes) is 5. The first-order valence-corrected chi connectivity index (χ1v) is 18.4. The van der Waals surface area contributed by atoms with Crippen LogP contribution in [0.15, 0.2) is 30.3 Å². The Morgan fingerprint density at radius 2 is 0.720 bits per heavy atom. The van der Waals surface area contributed by atoms with Crippen molar-refractivity contribution in [3.63, 3.8) is 0 Å². The van der Waals surface area contributed by atoms with E-state index >= 15 is 0 Å². The first-order valence-electron chi connectivity index (χ1n) is 18.4. The summed E-state index contributed by atoms with van der Waals surface area (Å²) in [6.45, 7) is 12.9. The second-order valence-corrected chi connectivity index (χ2v) is 11.0. The standard InChI is InChI=1S/C37H66O13/c1-2-3-4-5-6-10-13-37(38)50-35-33-48-31-29-46-27-25-44-23-21-42-19-17-40-15-14-39-16-18-41-20-22-43-24-26-45-28-30-47-32-34-49-36-11-8-7-9-12-36/h7-9,11-12H,2-6,10,13-35H2,1H3. The molecule has 0 atom stereocenters. The Bertz CT molecular complexity index is 803. The number of benzene rings is 1. The molecular formula is C37H66O13. The summed E-state index contributed by atoms with van der Waals surface area (Å²) in [6.07, 6.45) is 7.42. The average molecular weight is 719 g/mol. The van der Waals surface area contributed by atoms with Crippen LogP contribution in [0.4, 0.5) is 0 Å². The van der Waals surface area contributed by atoms with Crippen molar-refractivity contribution in [2.24, 2.45) is 0 Å². The highest BCUT2D eigenvalue weighted by Gasteiger charge is 2.03. The third-order valence-electron chi connectivity index (χ3n) is 6.81. The van der Waals surface area contributed by atoms with Crippen LogP contribution in [0.1, 0.15) is 51.9 Å². The van der Waals surface area contributed by atoms with Gasteiger partial charge in [-0.3, -0.25) is 4.79 Å². The van der Waals surface area contributed by atoms with Gasteiger partial charge in [-0.25, -0.2) is 0 Å². The maximum absolute atomic E-state index is 11.7. The van der Waals surface area contributed by atoms with Crippen LogP contribution in [-0.2, 0) is 56.9 Å². The summed E-state index contributed by atoms with van der Waals surface area (Å²) >= 11 is 0. The third kappa shape index (κ3) is 35.9. The van der Waals surface area contributed by atoms with Crippen molar-refractivity contribution >= 4 is 5.97 Å². The molecule has 0 saturated carbocycles. The number of esters is 1. The minimum absolute atomic E-state index is 0.144. The van der Waals surface area contributed by atoms with Crippen molar-refractivity contribution in [1.82, 2.24) is 0 Å². The minimum Gasteiger partial charge on any atom is -0.491 e. The molecule has 0 aromatic heterocycles. The molecule has 0 bridgehead atoms. The molecule has 0 radical (unpaired) electrons. The summed E-state index contributed by atoms with van der Waals surface area (Å²) in [5.41, 5.74) is 0. The summed E-state index contributed by atoms with van der Waals surface area (Å²) in [5.74, 6) is 0.698. The van der Waals surface area contributed by atoms with Crippen LogP contribution in [0.5, 0.6) is 5.75 Å². The van der Waals surface area contributed by atoms with Crippen LogP contribution in [0.25, 0.3) is 0 Å². The molecule has 0 aliphatic carbocycles. The second kappa shape index (κ2) is 39.9. The largest absolute Gasteiger partial charge is 0.491 e. The number of hydrogen-bond donors (Lipinski definition) is 0. The summed E-state index contributed by atoms with van der Waals surface area (Å²) in [4.78, 5) is 11.7. The number of rotatable bonds is 41. The lowest BCUT2D eigenvalue weighted by Crippen LogP contribution is -2.15. The molecule has 13 heteroatoms. The average Bonchev–Trinajstić information content (AvgIpc) is 3.13. The van der Waals surface area contributed by atoms with E-state index in [0.29, 0.717) is 145 Å². The van der Waals surface area contributed by atoms with Crippen molar-refractivity contribution in [3.05, 3.63) is 30.3 Å². The monoisotopic (exact) mass is 718 g/mol. The normalized spacial score (nSPS) is 11.3. The summed E-state index contributed by atoms with van der Waals surface area (Å²) in [7, 11) is 0. The fraction of sp³-hybridized carbons (Fsp3) is 0.811. The minimum atomic E-state index is -0.144. The van der Waals surface area contributed by atoms with Crippen molar-refractivity contribution in [1.29, 1.82) is 0 Å². The van der Waals surface area contributed by atoms with Crippen LogP contribution in [0, 0.1) is 0 Å². The van der Waals surface area contributed by atoms with Gasteiger partial charge in [0.2, 0.25) is 0 Å². The van der Waals surface area contributed by atoms with Gasteiger partial charge in [-0.15, -0.1) is 0 Å². The van der Waals surface area contributed by atoms with Gasteiger partial charge in [0.1, 0.15) is 19.0 Å². The molecule has 0 aliphatic rings. The number of carbonyl (C=O) groups excluding carboxylic acids is 1. The molecule has 1 rings (SSSR count). The molecule has 1 aromatic rings. The van der Waals surface area contributed by atoms with E-state index in [4.69, 9.17) is 56.8 Å². The quantitative estimate of drug-likeness (QED) is 0.0696. The van der Waals surface area contributed by atoms with E-state index in [1.807, 2.05) is 30.3 Å². The van der Waals surface area contributed by atoms with Crippen molar-refractivity contribution in [3.8, 4) is 5.75 Å². The number of carbonyl (C=O) groups is 1. The van der Waals surface area contributed by atoms with Crippen LogP contribution >= 0.6 is 0 Å². The van der Waals surface area contributed by atoms with Gasteiger partial charge in [-0.1, -0.05) is 57.2 Å². The third-order valence-corrected chi connectivity index (χ3v) is 6.81. The number of hydrogen-bond acceptors (Lipinski definition) is 13. The Hall–Kier alpha value is -1.91. The molecule has 0 spiro atoms. The van der Waals surface area contributed by atoms with Crippen molar-refractivity contribution in [2.75, 3.05) is 145 Å². The zero-order chi connectivity index (χ0) is 35.7. The highest BCUT2D eigenvalue weighted by atomic mass is 16.6. The fourth-order valence-electron chi connectivity index (χ4n) is 4.15. The Balaban J connectivity index is 1.62. The molecule has 0 N–H and O–H groups in total. The van der Waals surface area contributed by atoms with Crippen molar-refractivity contribution in [2.45, 2.75) is 51.9 Å². The van der Waals surface area contributed by atoms with Crippen LogP contribution < -0.4 is 4.74 Å². The molecule has 0 heterocycles. The first kappa shape index (κ1) is 46.1. The Labute approximate surface area is 300 Å². The molecule has 0 aliphatic heterocycles. The number of para-hydroxylation sites is 1. The predicted octanol–water partition coefficient (Wildman–Crippen LogP) is 4.53. The van der Waals surface area contributed by atoms with E-state index in [2.05, 4.69) is 6.92 Å². The van der Waals surface area contributed by atoms with Gasteiger partial charge in [0.05, 0.1) is 132 Å². The predicted molar refractivity (Wildman–Crippen MR) is 189 cm³/mol. The van der Waals surface area contributed by atoms with Gasteiger partial charge in [-0.2, -0.15) is 0 Å². The lowest BCUT2D eigenvalue weighted by molar-refractivity contribution is -0.145. The molecule has 0 saturated heterocycles. The van der Waals surface area contributed by atoms with Gasteiger partial charge in [0.15, 0.2) is 0 Å². The summed E-state index contributed by atoms with van der Waals surface area (Å²) in [6, 6.07) is 9.67. The highest BCUT2D eigenvalue weighted by molar-refractivity contribution is 5.69. The van der Waals surface area contributed by atoms with Gasteiger partial charge < -0.3 is 56.8 Å². The van der Waals surface area contributed by atoms with Crippen molar-refractivity contribution < 1.29 is 61.6 Å². The molecule has 1 aromatic carbocycles. The van der Waals surface area contributed by atoms with E-state index in [1.54, 1.807) is 0 Å². The van der Waals surface area contributed by atoms with Gasteiger partial charge in [0.25, 0.3) is 0 Å². The maximum atomic E-state index is 11.7. The van der Waals surface area contributed by atoms with Crippen LogP contribution in [0.3, 0.4) is 0 Å². The van der Waals surface area contributed by atoms with E-state index in [1.165, 1.54) is 25.7 Å². The van der Waals surface area contributed by atoms with Gasteiger partial charge >= 0.3 is 5.97 Å². The SMILES string of the molecule is CCCCCCCCC(=O)OCCOCCOCCOCCOCCOCCOCCOCCOCCOCCOCCOc1ccccc1. The molecular weight excluding hydrogens is 652 g/mol. The zero-order valence-corrected chi connectivity index (χ0v) is 30.7. The summed E-state index contributed by atoms with van der Waals surface area (Å²) in [5, 5.41) is 0. The van der Waals surface area contributed by atoms with Crippen LogP contribution in [0.2, 0.25) is 0 Å². The van der Waals surface area contributed by atoms with Crippen LogP contribution in [-0.4, -0.2) is 151 Å². The Morgan fingerprint density at radius 3 is 1.10 bits per heavy atom. The molecule has 0 fully saturated rings. The number of ether oxygens (including phenoxy) is 12. The summed E-state index contributed by atoms with van der Waals surface area (Å²) < 4.78 is 65.5. The highest BCUT2D eigenvalue weighted by Crippen LogP contribution is 2.08. The topological polar surface area (TPSA) is 128 Å². The lowest BCUT2D eigenvalue weighted by Gasteiger charge is -2.09. The van der Waals surface area contributed by atoms with E-state index in [0.717, 1.165) is 18.6 Å². The molecule has 0 amide bonds.